The van der Waals surface area contributed by atoms with Crippen LogP contribution in [0.2, 0.25) is 0 Å². The van der Waals surface area contributed by atoms with Gasteiger partial charge < -0.3 is 15.4 Å². The molecule has 16 heavy (non-hydrogen) atoms. The van der Waals surface area contributed by atoms with Crippen molar-refractivity contribution in [2.75, 3.05) is 26.3 Å². The highest BCUT2D eigenvalue weighted by Gasteiger charge is 2.31. The summed E-state index contributed by atoms with van der Waals surface area (Å²) < 4.78 is 5.33. The van der Waals surface area contributed by atoms with Crippen LogP contribution in [-0.4, -0.2) is 37.7 Å². The SMILES string of the molecule is CC1(NC(=O)C2CCNCC2)CCOCC1. The van der Waals surface area contributed by atoms with E-state index in [1.54, 1.807) is 0 Å². The summed E-state index contributed by atoms with van der Waals surface area (Å²) >= 11 is 0. The number of nitrogens with one attached hydrogen (secondary N) is 2. The number of amides is 1. The van der Waals surface area contributed by atoms with Crippen LogP contribution in [-0.2, 0) is 9.53 Å². The van der Waals surface area contributed by atoms with Crippen LogP contribution in [0.15, 0.2) is 0 Å². The average Bonchev–Trinajstić information content (AvgIpc) is 2.30. The maximum absolute atomic E-state index is 12.1. The second kappa shape index (κ2) is 5.15. The number of carbonyl (C=O) groups is 1. The fourth-order valence-electron chi connectivity index (χ4n) is 2.43. The lowest BCUT2D eigenvalue weighted by atomic mass is 9.90. The lowest BCUT2D eigenvalue weighted by Gasteiger charge is -2.36. The highest BCUT2D eigenvalue weighted by atomic mass is 16.5. The zero-order chi connectivity index (χ0) is 11.4. The molecule has 2 saturated heterocycles. The van der Waals surface area contributed by atoms with Crippen molar-refractivity contribution < 1.29 is 9.53 Å². The van der Waals surface area contributed by atoms with Gasteiger partial charge in [-0.25, -0.2) is 0 Å². The molecule has 0 radical (unpaired) electrons. The Kier molecular flexibility index (Phi) is 3.82. The molecule has 2 heterocycles. The molecule has 0 bridgehead atoms. The second-order valence-electron chi connectivity index (χ2n) is 5.19. The normalized spacial score (nSPS) is 26.3. The summed E-state index contributed by atoms with van der Waals surface area (Å²) in [5, 5.41) is 6.50. The molecule has 4 nitrogen and oxygen atoms in total. The molecule has 0 aromatic heterocycles. The van der Waals surface area contributed by atoms with E-state index in [4.69, 9.17) is 4.74 Å². The fourth-order valence-corrected chi connectivity index (χ4v) is 2.43. The Morgan fingerprint density at radius 1 is 1.31 bits per heavy atom. The van der Waals surface area contributed by atoms with Crippen LogP contribution >= 0.6 is 0 Å². The monoisotopic (exact) mass is 226 g/mol. The molecule has 0 spiro atoms. The van der Waals surface area contributed by atoms with Gasteiger partial charge in [0.05, 0.1) is 0 Å². The van der Waals surface area contributed by atoms with Crippen LogP contribution in [0.25, 0.3) is 0 Å². The Hall–Kier alpha value is -0.610. The number of piperidine rings is 1. The van der Waals surface area contributed by atoms with Crippen LogP contribution in [0, 0.1) is 5.92 Å². The standard InChI is InChI=1S/C12H22N2O2/c1-12(4-8-16-9-5-12)14-11(15)10-2-6-13-7-3-10/h10,13H,2-9H2,1H3,(H,14,15). The first kappa shape index (κ1) is 11.9. The van der Waals surface area contributed by atoms with Gasteiger partial charge in [0.15, 0.2) is 0 Å². The molecule has 0 aromatic carbocycles. The molecule has 0 unspecified atom stereocenters. The summed E-state index contributed by atoms with van der Waals surface area (Å²) in [6.07, 6.45) is 3.81. The zero-order valence-corrected chi connectivity index (χ0v) is 10.1. The maximum Gasteiger partial charge on any atom is 0.223 e. The van der Waals surface area contributed by atoms with Crippen LogP contribution < -0.4 is 10.6 Å². The van der Waals surface area contributed by atoms with E-state index in [9.17, 15) is 4.79 Å². The molecular weight excluding hydrogens is 204 g/mol. The van der Waals surface area contributed by atoms with Gasteiger partial charge in [-0.1, -0.05) is 0 Å². The Balaban J connectivity index is 1.85. The van der Waals surface area contributed by atoms with Crippen molar-refractivity contribution >= 4 is 5.91 Å². The van der Waals surface area contributed by atoms with Gasteiger partial charge >= 0.3 is 0 Å². The van der Waals surface area contributed by atoms with Crippen LogP contribution in [0.5, 0.6) is 0 Å². The van der Waals surface area contributed by atoms with E-state index < -0.39 is 0 Å². The molecular formula is C12H22N2O2. The van der Waals surface area contributed by atoms with Gasteiger partial charge in [0.25, 0.3) is 0 Å². The number of carbonyl (C=O) groups excluding carboxylic acids is 1. The minimum atomic E-state index is -0.0415. The first-order valence-electron chi connectivity index (χ1n) is 6.30. The van der Waals surface area contributed by atoms with Gasteiger partial charge in [-0.3, -0.25) is 4.79 Å². The highest BCUT2D eigenvalue weighted by Crippen LogP contribution is 2.21. The molecule has 2 fully saturated rings. The first-order valence-corrected chi connectivity index (χ1v) is 6.30. The minimum Gasteiger partial charge on any atom is -0.381 e. The number of ether oxygens (including phenoxy) is 1. The minimum absolute atomic E-state index is 0.0415. The molecule has 0 aromatic rings. The number of hydrogen-bond acceptors (Lipinski definition) is 3. The van der Waals surface area contributed by atoms with Gasteiger partial charge in [-0.15, -0.1) is 0 Å². The Bertz CT molecular complexity index is 243. The summed E-state index contributed by atoms with van der Waals surface area (Å²) in [5.41, 5.74) is -0.0415. The Labute approximate surface area is 97.1 Å². The summed E-state index contributed by atoms with van der Waals surface area (Å²) in [7, 11) is 0. The molecule has 0 aliphatic carbocycles. The number of rotatable bonds is 2. The largest absolute Gasteiger partial charge is 0.381 e. The first-order chi connectivity index (χ1) is 7.70. The van der Waals surface area contributed by atoms with Crippen LogP contribution in [0.4, 0.5) is 0 Å². The van der Waals surface area contributed by atoms with E-state index in [1.807, 2.05) is 0 Å². The quantitative estimate of drug-likeness (QED) is 0.727. The third-order valence-corrected chi connectivity index (χ3v) is 3.73. The molecule has 2 N–H and O–H groups in total. The molecule has 4 heteroatoms. The van der Waals surface area contributed by atoms with E-state index in [0.29, 0.717) is 0 Å². The zero-order valence-electron chi connectivity index (χ0n) is 10.1. The third-order valence-electron chi connectivity index (χ3n) is 3.73. The lowest BCUT2D eigenvalue weighted by molar-refractivity contribution is -0.128. The van der Waals surface area contributed by atoms with Crippen LogP contribution in [0.1, 0.15) is 32.6 Å². The smallest absolute Gasteiger partial charge is 0.223 e. The second-order valence-corrected chi connectivity index (χ2v) is 5.19. The molecule has 92 valence electrons. The van der Waals surface area contributed by atoms with Gasteiger partial charge in [0.1, 0.15) is 0 Å². The van der Waals surface area contributed by atoms with Crippen molar-refractivity contribution in [2.45, 2.75) is 38.1 Å². The number of hydrogen-bond donors (Lipinski definition) is 2. The van der Waals surface area contributed by atoms with Crippen molar-refractivity contribution in [3.05, 3.63) is 0 Å². The van der Waals surface area contributed by atoms with Gasteiger partial charge in [0, 0.05) is 24.7 Å². The third kappa shape index (κ3) is 2.95. The van der Waals surface area contributed by atoms with Crippen molar-refractivity contribution in [3.63, 3.8) is 0 Å². The van der Waals surface area contributed by atoms with Crippen molar-refractivity contribution in [2.24, 2.45) is 5.92 Å². The molecule has 1 amide bonds. The van der Waals surface area contributed by atoms with E-state index in [0.717, 1.165) is 52.0 Å². The van der Waals surface area contributed by atoms with Crippen molar-refractivity contribution in [1.82, 2.24) is 10.6 Å². The van der Waals surface area contributed by atoms with Gasteiger partial charge in [0.2, 0.25) is 5.91 Å². The maximum atomic E-state index is 12.1. The fraction of sp³-hybridized carbons (Fsp3) is 0.917. The van der Waals surface area contributed by atoms with E-state index in [1.165, 1.54) is 0 Å². The predicted molar refractivity (Wildman–Crippen MR) is 62.2 cm³/mol. The molecule has 2 aliphatic heterocycles. The van der Waals surface area contributed by atoms with Gasteiger partial charge in [-0.2, -0.15) is 0 Å². The molecule has 0 saturated carbocycles. The summed E-state index contributed by atoms with van der Waals surface area (Å²) in [6, 6.07) is 0. The highest BCUT2D eigenvalue weighted by molar-refractivity contribution is 5.79. The molecule has 2 rings (SSSR count). The summed E-state index contributed by atoms with van der Waals surface area (Å²) in [6.45, 7) is 5.61. The van der Waals surface area contributed by atoms with Crippen molar-refractivity contribution in [3.8, 4) is 0 Å². The Morgan fingerprint density at radius 2 is 1.94 bits per heavy atom. The van der Waals surface area contributed by atoms with E-state index in [2.05, 4.69) is 17.6 Å². The molecule has 0 atom stereocenters. The van der Waals surface area contributed by atoms with Crippen LogP contribution in [0.3, 0.4) is 0 Å². The topological polar surface area (TPSA) is 50.4 Å². The molecule has 2 aliphatic rings. The lowest BCUT2D eigenvalue weighted by Crippen LogP contribution is -2.52. The Morgan fingerprint density at radius 3 is 2.56 bits per heavy atom. The summed E-state index contributed by atoms with van der Waals surface area (Å²) in [4.78, 5) is 12.1. The van der Waals surface area contributed by atoms with E-state index in [-0.39, 0.29) is 17.4 Å². The average molecular weight is 226 g/mol. The van der Waals surface area contributed by atoms with Crippen molar-refractivity contribution in [1.29, 1.82) is 0 Å². The van der Waals surface area contributed by atoms with E-state index >= 15 is 0 Å². The summed E-state index contributed by atoms with van der Waals surface area (Å²) in [5.74, 6) is 0.451. The van der Waals surface area contributed by atoms with Gasteiger partial charge in [-0.05, 0) is 45.7 Å². The predicted octanol–water partition coefficient (Wildman–Crippen LogP) is 0.671.